The number of hydrogen-bond acceptors (Lipinski definition) is 3. The summed E-state index contributed by atoms with van der Waals surface area (Å²) in [5, 5.41) is 25.0. The van der Waals surface area contributed by atoms with Gasteiger partial charge in [-0.25, -0.2) is 0 Å². The average Bonchev–Trinajstić information content (AvgIpc) is 2.70. The van der Waals surface area contributed by atoms with E-state index >= 15 is 0 Å². The normalized spacial score (nSPS) is 13.6. The Morgan fingerprint density at radius 3 is 2.48 bits per heavy atom. The van der Waals surface area contributed by atoms with E-state index in [-0.39, 0.29) is 5.91 Å². The van der Waals surface area contributed by atoms with Crippen molar-refractivity contribution in [3.05, 3.63) is 89.0 Å². The minimum Gasteiger partial charge on any atom is -0.394 e. The monoisotopic (exact) mass is 381 g/mol. The maximum Gasteiger partial charge on any atom is 0.244 e. The molecule has 0 spiro atoms. The Morgan fingerprint density at radius 1 is 1.04 bits per heavy atom. The molecule has 0 saturated carbocycles. The van der Waals surface area contributed by atoms with Gasteiger partial charge in [-0.05, 0) is 40.1 Å². The molecule has 0 radical (unpaired) electrons. The number of carbonyl (C=O) groups excluding carboxylic acids is 1. The van der Waals surface area contributed by atoms with E-state index in [1.807, 2.05) is 54.6 Å². The Balaban J connectivity index is 1.82. The third-order valence-corrected chi connectivity index (χ3v) is 4.67. The van der Waals surface area contributed by atoms with Crippen LogP contribution in [-0.4, -0.2) is 28.8 Å². The van der Waals surface area contributed by atoms with Crippen molar-refractivity contribution in [1.82, 2.24) is 5.32 Å². The van der Waals surface area contributed by atoms with Crippen molar-refractivity contribution in [2.45, 2.75) is 12.1 Å². The summed E-state index contributed by atoms with van der Waals surface area (Å²) in [6, 6.07) is 19.9. The number of nitrogens with one attached hydrogen (secondary N) is 1. The molecule has 138 valence electrons. The number of hydrogen-bond donors (Lipinski definition) is 3. The number of amides is 1. The molecule has 0 aliphatic rings. The second-order valence-electron chi connectivity index (χ2n) is 6.20. The van der Waals surface area contributed by atoms with Crippen LogP contribution in [0.4, 0.5) is 0 Å². The molecule has 0 bridgehead atoms. The molecule has 0 unspecified atom stereocenters. The van der Waals surface area contributed by atoms with Gasteiger partial charge in [0.25, 0.3) is 0 Å². The van der Waals surface area contributed by atoms with E-state index in [9.17, 15) is 15.0 Å². The predicted octanol–water partition coefficient (Wildman–Crippen LogP) is 3.72. The fraction of sp³-hybridized carbons (Fsp3) is 0.136. The SMILES string of the molecule is O=C(/C=C/c1ccccc1Cl)N[C@H](c1ccc2ccccc2c1)[C@H](O)CO. The van der Waals surface area contributed by atoms with Crippen LogP contribution < -0.4 is 5.32 Å². The fourth-order valence-corrected chi connectivity index (χ4v) is 3.08. The third kappa shape index (κ3) is 4.74. The van der Waals surface area contributed by atoms with Crippen molar-refractivity contribution in [3.8, 4) is 0 Å². The van der Waals surface area contributed by atoms with E-state index in [4.69, 9.17) is 11.6 Å². The first kappa shape index (κ1) is 19.1. The second kappa shape index (κ2) is 8.82. The van der Waals surface area contributed by atoms with Gasteiger partial charge in [-0.15, -0.1) is 0 Å². The van der Waals surface area contributed by atoms with Crippen molar-refractivity contribution in [3.63, 3.8) is 0 Å². The molecule has 3 rings (SSSR count). The van der Waals surface area contributed by atoms with Gasteiger partial charge >= 0.3 is 0 Å². The first-order valence-corrected chi connectivity index (χ1v) is 8.97. The molecule has 0 saturated heterocycles. The van der Waals surface area contributed by atoms with Crippen molar-refractivity contribution >= 4 is 34.4 Å². The summed E-state index contributed by atoms with van der Waals surface area (Å²) in [6.07, 6.45) is 1.85. The first-order chi connectivity index (χ1) is 13.1. The fourth-order valence-electron chi connectivity index (χ4n) is 2.89. The highest BCUT2D eigenvalue weighted by Gasteiger charge is 2.22. The van der Waals surface area contributed by atoms with Crippen LogP contribution in [0.15, 0.2) is 72.8 Å². The van der Waals surface area contributed by atoms with E-state index in [1.165, 1.54) is 6.08 Å². The lowest BCUT2D eigenvalue weighted by atomic mass is 9.98. The number of halogens is 1. The summed E-state index contributed by atoms with van der Waals surface area (Å²) in [5.74, 6) is -0.388. The van der Waals surface area contributed by atoms with Crippen LogP contribution in [0, 0.1) is 0 Å². The summed E-state index contributed by atoms with van der Waals surface area (Å²) >= 11 is 6.08. The largest absolute Gasteiger partial charge is 0.394 e. The predicted molar refractivity (Wildman–Crippen MR) is 108 cm³/mol. The number of rotatable bonds is 6. The average molecular weight is 382 g/mol. The Hall–Kier alpha value is -2.66. The van der Waals surface area contributed by atoms with Gasteiger partial charge in [0.05, 0.1) is 12.6 Å². The first-order valence-electron chi connectivity index (χ1n) is 8.59. The van der Waals surface area contributed by atoms with Crippen LogP contribution in [0.2, 0.25) is 5.02 Å². The van der Waals surface area contributed by atoms with Crippen molar-refractivity contribution in [2.75, 3.05) is 6.61 Å². The summed E-state index contributed by atoms with van der Waals surface area (Å²) in [7, 11) is 0. The number of carbonyl (C=O) groups is 1. The van der Waals surface area contributed by atoms with Gasteiger partial charge in [0.1, 0.15) is 6.10 Å². The van der Waals surface area contributed by atoms with E-state index in [0.29, 0.717) is 5.02 Å². The number of aliphatic hydroxyl groups is 2. The maximum atomic E-state index is 12.4. The number of fused-ring (bicyclic) bond motifs is 1. The Bertz CT molecular complexity index is 970. The number of benzene rings is 3. The highest BCUT2D eigenvalue weighted by molar-refractivity contribution is 6.32. The van der Waals surface area contributed by atoms with Crippen molar-refractivity contribution in [1.29, 1.82) is 0 Å². The summed E-state index contributed by atoms with van der Waals surface area (Å²) in [6.45, 7) is -0.466. The van der Waals surface area contributed by atoms with Crippen LogP contribution in [0.5, 0.6) is 0 Å². The Labute approximate surface area is 162 Å². The maximum absolute atomic E-state index is 12.4. The van der Waals surface area contributed by atoms with E-state index in [1.54, 1.807) is 18.2 Å². The lowest BCUT2D eigenvalue weighted by Gasteiger charge is -2.23. The molecule has 2 atom stereocenters. The van der Waals surface area contributed by atoms with E-state index in [0.717, 1.165) is 21.9 Å². The topological polar surface area (TPSA) is 69.6 Å². The molecule has 1 amide bonds. The van der Waals surface area contributed by atoms with Crippen molar-refractivity contribution in [2.24, 2.45) is 0 Å². The summed E-state index contributed by atoms with van der Waals surface area (Å²) < 4.78 is 0. The zero-order chi connectivity index (χ0) is 19.2. The summed E-state index contributed by atoms with van der Waals surface area (Å²) in [4.78, 5) is 12.4. The van der Waals surface area contributed by atoms with Gasteiger partial charge in [0.15, 0.2) is 0 Å². The zero-order valence-electron chi connectivity index (χ0n) is 14.5. The quantitative estimate of drug-likeness (QED) is 0.570. The molecule has 0 heterocycles. The van der Waals surface area contributed by atoms with E-state index < -0.39 is 18.8 Å². The third-order valence-electron chi connectivity index (χ3n) is 4.32. The highest BCUT2D eigenvalue weighted by atomic mass is 35.5. The highest BCUT2D eigenvalue weighted by Crippen LogP contribution is 2.23. The van der Waals surface area contributed by atoms with Gasteiger partial charge in [-0.1, -0.05) is 66.2 Å². The lowest BCUT2D eigenvalue weighted by Crippen LogP contribution is -2.37. The molecule has 27 heavy (non-hydrogen) atoms. The molecule has 0 aliphatic heterocycles. The molecular weight excluding hydrogens is 362 g/mol. The summed E-state index contributed by atoms with van der Waals surface area (Å²) in [5.41, 5.74) is 1.44. The number of aliphatic hydroxyl groups excluding tert-OH is 2. The van der Waals surface area contributed by atoms with Crippen LogP contribution in [0.3, 0.4) is 0 Å². The van der Waals surface area contributed by atoms with Crippen LogP contribution >= 0.6 is 11.6 Å². The second-order valence-corrected chi connectivity index (χ2v) is 6.60. The lowest BCUT2D eigenvalue weighted by molar-refractivity contribution is -0.118. The molecular formula is C22H20ClNO3. The van der Waals surface area contributed by atoms with E-state index in [2.05, 4.69) is 5.32 Å². The molecule has 4 nitrogen and oxygen atoms in total. The zero-order valence-corrected chi connectivity index (χ0v) is 15.3. The molecule has 3 aromatic rings. The molecule has 0 aliphatic carbocycles. The van der Waals surface area contributed by atoms with Gasteiger partial charge < -0.3 is 15.5 Å². The van der Waals surface area contributed by atoms with Crippen LogP contribution in [0.1, 0.15) is 17.2 Å². The molecule has 5 heteroatoms. The molecule has 0 aromatic heterocycles. The molecule has 0 fully saturated rings. The van der Waals surface area contributed by atoms with Crippen molar-refractivity contribution < 1.29 is 15.0 Å². The van der Waals surface area contributed by atoms with Crippen LogP contribution in [-0.2, 0) is 4.79 Å². The van der Waals surface area contributed by atoms with Gasteiger partial charge in [0, 0.05) is 11.1 Å². The van der Waals surface area contributed by atoms with Gasteiger partial charge in [-0.2, -0.15) is 0 Å². The minimum absolute atomic E-state index is 0.388. The van der Waals surface area contributed by atoms with Gasteiger partial charge in [-0.3, -0.25) is 4.79 Å². The van der Waals surface area contributed by atoms with Crippen LogP contribution in [0.25, 0.3) is 16.8 Å². The van der Waals surface area contributed by atoms with Gasteiger partial charge in [0.2, 0.25) is 5.91 Å². The standard InChI is InChI=1S/C22H20ClNO3/c23-19-8-4-3-6-16(19)11-12-21(27)24-22(20(26)14-25)18-10-9-15-5-1-2-7-17(15)13-18/h1-13,20,22,25-26H,14H2,(H,24,27)/b12-11+/t20-,22-/m1/s1. The Kier molecular flexibility index (Phi) is 6.24. The molecule has 3 N–H and O–H groups in total. The minimum atomic E-state index is -1.12. The smallest absolute Gasteiger partial charge is 0.244 e. The molecule has 3 aromatic carbocycles. The Morgan fingerprint density at radius 2 is 1.74 bits per heavy atom.